The van der Waals surface area contributed by atoms with Crippen LogP contribution in [0.4, 0.5) is 0 Å². The molecule has 7 nitrogen and oxygen atoms in total. The third-order valence-corrected chi connectivity index (χ3v) is 5.98. The molecule has 1 aliphatic carbocycles. The molecule has 3 rings (SSSR count). The van der Waals surface area contributed by atoms with Gasteiger partial charge in [-0.1, -0.05) is 26.0 Å². The SMILES string of the molecule is CCCOC(=O)C1=C(C)N=C2C[C@@H](C)[C@@H](C(=O)OC)C(=O)[C@H]2[C@H]1c1cccc(OC)c1. The molecule has 7 heteroatoms. The lowest BCUT2D eigenvalue weighted by Crippen LogP contribution is -2.48. The summed E-state index contributed by atoms with van der Waals surface area (Å²) in [7, 11) is 2.84. The van der Waals surface area contributed by atoms with Crippen LogP contribution in [0.25, 0.3) is 0 Å². The zero-order chi connectivity index (χ0) is 22.7. The van der Waals surface area contributed by atoms with Crippen LogP contribution in [0.5, 0.6) is 5.75 Å². The summed E-state index contributed by atoms with van der Waals surface area (Å²) in [4.78, 5) is 43.7. The van der Waals surface area contributed by atoms with Crippen LogP contribution < -0.4 is 4.74 Å². The quantitative estimate of drug-likeness (QED) is 0.510. The van der Waals surface area contributed by atoms with E-state index in [9.17, 15) is 14.4 Å². The van der Waals surface area contributed by atoms with E-state index in [-0.39, 0.29) is 18.3 Å². The lowest BCUT2D eigenvalue weighted by molar-refractivity contribution is -0.152. The summed E-state index contributed by atoms with van der Waals surface area (Å²) in [6.45, 7) is 5.80. The first kappa shape index (κ1) is 22.7. The molecule has 1 saturated carbocycles. The molecule has 0 radical (unpaired) electrons. The molecule has 166 valence electrons. The van der Waals surface area contributed by atoms with Crippen molar-refractivity contribution in [3.05, 3.63) is 41.1 Å². The van der Waals surface area contributed by atoms with Gasteiger partial charge >= 0.3 is 11.9 Å². The van der Waals surface area contributed by atoms with E-state index >= 15 is 0 Å². The normalized spacial score (nSPS) is 25.5. The zero-order valence-corrected chi connectivity index (χ0v) is 18.6. The van der Waals surface area contributed by atoms with E-state index < -0.39 is 29.7 Å². The predicted molar refractivity (Wildman–Crippen MR) is 115 cm³/mol. The minimum absolute atomic E-state index is 0.234. The second-order valence-corrected chi connectivity index (χ2v) is 8.05. The first-order valence-electron chi connectivity index (χ1n) is 10.5. The summed E-state index contributed by atoms with van der Waals surface area (Å²) in [5.74, 6) is -3.18. The number of carbonyl (C=O) groups excluding carboxylic acids is 3. The van der Waals surface area contributed by atoms with Gasteiger partial charge in [0.2, 0.25) is 0 Å². The van der Waals surface area contributed by atoms with Gasteiger partial charge < -0.3 is 14.2 Å². The number of Topliss-reactive ketones (excluding diaryl/α,β-unsaturated/α-hetero) is 1. The van der Waals surface area contributed by atoms with Crippen molar-refractivity contribution in [2.24, 2.45) is 22.7 Å². The highest BCUT2D eigenvalue weighted by atomic mass is 16.5. The van der Waals surface area contributed by atoms with E-state index in [0.717, 1.165) is 5.56 Å². The lowest BCUT2D eigenvalue weighted by Gasteiger charge is -2.40. The standard InChI is InChI=1S/C24H29NO6/c1-6-10-31-24(28)19-14(3)25-17-11-13(2)18(23(27)30-5)22(26)21(17)20(19)15-8-7-9-16(12-15)29-4/h7-9,12-13,18,20-21H,6,10-11H2,1-5H3/t13-,18-,20+,21-/m1/s1. The van der Waals surface area contributed by atoms with Crippen LogP contribution in [0.3, 0.4) is 0 Å². The zero-order valence-electron chi connectivity index (χ0n) is 18.6. The first-order chi connectivity index (χ1) is 14.8. The van der Waals surface area contributed by atoms with Crippen molar-refractivity contribution < 1.29 is 28.6 Å². The van der Waals surface area contributed by atoms with E-state index in [1.807, 2.05) is 32.0 Å². The van der Waals surface area contributed by atoms with Crippen molar-refractivity contribution >= 4 is 23.4 Å². The first-order valence-corrected chi connectivity index (χ1v) is 10.5. The van der Waals surface area contributed by atoms with Gasteiger partial charge in [-0.05, 0) is 43.4 Å². The van der Waals surface area contributed by atoms with Crippen molar-refractivity contribution in [1.29, 1.82) is 0 Å². The number of fused-ring (bicyclic) bond motifs is 1. The second kappa shape index (κ2) is 9.45. The minimum Gasteiger partial charge on any atom is -0.497 e. The molecule has 0 unspecified atom stereocenters. The van der Waals surface area contributed by atoms with E-state index in [4.69, 9.17) is 14.2 Å². The Balaban J connectivity index is 2.16. The molecule has 1 fully saturated rings. The van der Waals surface area contributed by atoms with Crippen molar-refractivity contribution in [3.8, 4) is 5.75 Å². The molecular formula is C24H29NO6. The Morgan fingerprint density at radius 3 is 2.58 bits per heavy atom. The Morgan fingerprint density at radius 2 is 1.94 bits per heavy atom. The topological polar surface area (TPSA) is 91.3 Å². The van der Waals surface area contributed by atoms with Gasteiger partial charge in [0.05, 0.1) is 32.3 Å². The average Bonchev–Trinajstić information content (AvgIpc) is 2.76. The number of benzene rings is 1. The number of rotatable bonds is 6. The fourth-order valence-corrected chi connectivity index (χ4v) is 4.57. The number of allylic oxidation sites excluding steroid dienone is 1. The summed E-state index contributed by atoms with van der Waals surface area (Å²) in [5.41, 5.74) is 2.32. The second-order valence-electron chi connectivity index (χ2n) is 8.05. The van der Waals surface area contributed by atoms with Crippen LogP contribution in [-0.2, 0) is 23.9 Å². The number of ether oxygens (including phenoxy) is 3. The number of aliphatic imine (C=N–C) groups is 1. The number of nitrogens with zero attached hydrogens (tertiary/aromatic N) is 1. The Morgan fingerprint density at radius 1 is 1.19 bits per heavy atom. The number of hydrogen-bond acceptors (Lipinski definition) is 7. The smallest absolute Gasteiger partial charge is 0.336 e. The highest BCUT2D eigenvalue weighted by Gasteiger charge is 2.51. The Kier molecular flexibility index (Phi) is 6.93. The predicted octanol–water partition coefficient (Wildman–Crippen LogP) is 3.47. The monoisotopic (exact) mass is 427 g/mol. The molecule has 2 aliphatic rings. The lowest BCUT2D eigenvalue weighted by atomic mass is 9.63. The van der Waals surface area contributed by atoms with Gasteiger partial charge in [0.1, 0.15) is 11.7 Å². The van der Waals surface area contributed by atoms with Crippen LogP contribution in [0.2, 0.25) is 0 Å². The largest absolute Gasteiger partial charge is 0.497 e. The molecular weight excluding hydrogens is 398 g/mol. The summed E-state index contributed by atoms with van der Waals surface area (Å²) in [5, 5.41) is 0. The third kappa shape index (κ3) is 4.27. The molecule has 31 heavy (non-hydrogen) atoms. The average molecular weight is 427 g/mol. The molecule has 0 saturated heterocycles. The molecule has 1 aromatic carbocycles. The van der Waals surface area contributed by atoms with Gasteiger partial charge in [0.25, 0.3) is 0 Å². The summed E-state index contributed by atoms with van der Waals surface area (Å²) >= 11 is 0. The molecule has 4 atom stereocenters. The van der Waals surface area contributed by atoms with Crippen molar-refractivity contribution in [2.75, 3.05) is 20.8 Å². The highest BCUT2D eigenvalue weighted by molar-refractivity contribution is 6.17. The number of carbonyl (C=O) groups is 3. The van der Waals surface area contributed by atoms with Crippen molar-refractivity contribution in [3.63, 3.8) is 0 Å². The van der Waals surface area contributed by atoms with Crippen molar-refractivity contribution in [1.82, 2.24) is 0 Å². The van der Waals surface area contributed by atoms with Gasteiger partial charge in [0.15, 0.2) is 5.78 Å². The Bertz CT molecular complexity index is 947. The molecule has 0 N–H and O–H groups in total. The van der Waals surface area contributed by atoms with E-state index in [2.05, 4.69) is 4.99 Å². The third-order valence-electron chi connectivity index (χ3n) is 5.98. The fraction of sp³-hybridized carbons (Fsp3) is 0.500. The molecule has 0 spiro atoms. The summed E-state index contributed by atoms with van der Waals surface area (Å²) in [6, 6.07) is 7.29. The molecule has 1 aromatic rings. The number of esters is 2. The summed E-state index contributed by atoms with van der Waals surface area (Å²) < 4.78 is 15.7. The number of ketones is 1. The maximum absolute atomic E-state index is 13.6. The van der Waals surface area contributed by atoms with Gasteiger partial charge in [0, 0.05) is 17.3 Å². The molecule has 0 aromatic heterocycles. The Labute approximate surface area is 182 Å². The van der Waals surface area contributed by atoms with E-state index in [1.165, 1.54) is 7.11 Å². The molecule has 0 bridgehead atoms. The minimum atomic E-state index is -0.895. The summed E-state index contributed by atoms with van der Waals surface area (Å²) in [6.07, 6.45) is 1.16. The number of methoxy groups -OCH3 is 2. The van der Waals surface area contributed by atoms with Gasteiger partial charge in [-0.15, -0.1) is 0 Å². The molecule has 0 amide bonds. The van der Waals surface area contributed by atoms with Gasteiger partial charge in [-0.25, -0.2) is 4.79 Å². The van der Waals surface area contributed by atoms with Crippen LogP contribution in [-0.4, -0.2) is 44.3 Å². The maximum Gasteiger partial charge on any atom is 0.336 e. The Hall–Kier alpha value is -2.96. The van der Waals surface area contributed by atoms with Gasteiger partial charge in [-0.2, -0.15) is 0 Å². The fourth-order valence-electron chi connectivity index (χ4n) is 4.57. The van der Waals surface area contributed by atoms with Crippen LogP contribution in [0, 0.1) is 17.8 Å². The van der Waals surface area contributed by atoms with Crippen LogP contribution in [0.1, 0.15) is 45.1 Å². The van der Waals surface area contributed by atoms with E-state index in [1.54, 1.807) is 20.1 Å². The van der Waals surface area contributed by atoms with Crippen LogP contribution >= 0.6 is 0 Å². The van der Waals surface area contributed by atoms with Crippen LogP contribution in [0.15, 0.2) is 40.5 Å². The highest BCUT2D eigenvalue weighted by Crippen LogP contribution is 2.46. The van der Waals surface area contributed by atoms with E-state index in [0.29, 0.717) is 35.6 Å². The maximum atomic E-state index is 13.6. The number of hydrogen-bond donors (Lipinski definition) is 0. The van der Waals surface area contributed by atoms with Gasteiger partial charge in [-0.3, -0.25) is 14.6 Å². The molecule has 1 aliphatic heterocycles. The van der Waals surface area contributed by atoms with Crippen molar-refractivity contribution in [2.45, 2.75) is 39.5 Å². The molecule has 1 heterocycles.